The van der Waals surface area contributed by atoms with Crippen molar-refractivity contribution in [3.05, 3.63) is 76.5 Å². The largest absolute Gasteiger partial charge is 0.346 e. The first kappa shape index (κ1) is 19.4. The molecule has 0 saturated heterocycles. The fourth-order valence-corrected chi connectivity index (χ4v) is 3.16. The minimum atomic E-state index is -0.226. The zero-order valence-electron chi connectivity index (χ0n) is 16.6. The number of anilines is 1. The summed E-state index contributed by atoms with van der Waals surface area (Å²) >= 11 is 0. The number of aromatic nitrogens is 3. The molecule has 2 aromatic heterocycles. The molecule has 2 heterocycles. The second-order valence-electron chi connectivity index (χ2n) is 6.88. The van der Waals surface area contributed by atoms with Crippen molar-refractivity contribution in [3.8, 4) is 5.69 Å². The first-order chi connectivity index (χ1) is 13.4. The molecule has 0 aliphatic rings. The van der Waals surface area contributed by atoms with Crippen molar-refractivity contribution in [2.45, 2.75) is 26.8 Å². The summed E-state index contributed by atoms with van der Waals surface area (Å²) in [6, 6.07) is 13.0. The van der Waals surface area contributed by atoms with E-state index < -0.39 is 0 Å². The van der Waals surface area contributed by atoms with Crippen LogP contribution in [0.25, 0.3) is 5.69 Å². The molecule has 0 fully saturated rings. The second-order valence-corrected chi connectivity index (χ2v) is 6.88. The highest BCUT2D eigenvalue weighted by Gasteiger charge is 2.23. The number of carbonyl (C=O) groups is 1. The fourth-order valence-electron chi connectivity index (χ4n) is 3.16. The molecule has 28 heavy (non-hydrogen) atoms. The van der Waals surface area contributed by atoms with E-state index in [-0.39, 0.29) is 24.2 Å². The van der Waals surface area contributed by atoms with Crippen molar-refractivity contribution in [3.63, 3.8) is 0 Å². The number of benzene rings is 1. The SMILES string of the molecule is Cc1c(N(CNC(=O)c2cccnc2)C(C)C)c(=O)n(-c2ccccc2)n1C. The summed E-state index contributed by atoms with van der Waals surface area (Å²) in [4.78, 5) is 31.5. The highest BCUT2D eigenvalue weighted by molar-refractivity contribution is 5.93. The van der Waals surface area contributed by atoms with Gasteiger partial charge in [0.1, 0.15) is 5.69 Å². The predicted molar refractivity (Wildman–Crippen MR) is 110 cm³/mol. The fraction of sp³-hybridized carbons (Fsp3) is 0.286. The van der Waals surface area contributed by atoms with Crippen LogP contribution in [0.5, 0.6) is 0 Å². The van der Waals surface area contributed by atoms with E-state index in [0.29, 0.717) is 11.3 Å². The zero-order chi connectivity index (χ0) is 20.3. The van der Waals surface area contributed by atoms with E-state index in [1.807, 2.05) is 67.7 Å². The second kappa shape index (κ2) is 8.12. The molecule has 7 nitrogen and oxygen atoms in total. The molecule has 0 atom stereocenters. The number of nitrogens with one attached hydrogen (secondary N) is 1. The number of nitrogens with zero attached hydrogens (tertiary/aromatic N) is 4. The quantitative estimate of drug-likeness (QED) is 0.668. The lowest BCUT2D eigenvalue weighted by molar-refractivity contribution is 0.0952. The van der Waals surface area contributed by atoms with Crippen molar-refractivity contribution in [2.75, 3.05) is 11.6 Å². The van der Waals surface area contributed by atoms with Gasteiger partial charge in [0.05, 0.1) is 23.6 Å². The summed E-state index contributed by atoms with van der Waals surface area (Å²) in [5.41, 5.74) is 2.58. The Morgan fingerprint density at radius 1 is 1.18 bits per heavy atom. The lowest BCUT2D eigenvalue weighted by Crippen LogP contribution is -2.43. The zero-order valence-corrected chi connectivity index (χ0v) is 16.6. The lowest BCUT2D eigenvalue weighted by atomic mass is 10.2. The normalized spacial score (nSPS) is 10.9. The van der Waals surface area contributed by atoms with Gasteiger partial charge in [0.15, 0.2) is 0 Å². The number of amides is 1. The maximum Gasteiger partial charge on any atom is 0.295 e. The van der Waals surface area contributed by atoms with Gasteiger partial charge in [-0.3, -0.25) is 19.3 Å². The smallest absolute Gasteiger partial charge is 0.295 e. The van der Waals surface area contributed by atoms with Crippen LogP contribution >= 0.6 is 0 Å². The Labute approximate surface area is 164 Å². The Kier molecular flexibility index (Phi) is 5.63. The molecule has 0 aliphatic heterocycles. The Balaban J connectivity index is 1.93. The van der Waals surface area contributed by atoms with Crippen LogP contribution in [-0.4, -0.2) is 33.0 Å². The van der Waals surface area contributed by atoms with Gasteiger partial charge in [-0.05, 0) is 45.0 Å². The maximum absolute atomic E-state index is 13.2. The van der Waals surface area contributed by atoms with Crippen molar-refractivity contribution in [2.24, 2.45) is 7.05 Å². The van der Waals surface area contributed by atoms with Crippen LogP contribution in [0.2, 0.25) is 0 Å². The van der Waals surface area contributed by atoms with Gasteiger partial charge in [-0.15, -0.1) is 0 Å². The van der Waals surface area contributed by atoms with E-state index >= 15 is 0 Å². The van der Waals surface area contributed by atoms with Gasteiger partial charge in [0, 0.05) is 25.5 Å². The maximum atomic E-state index is 13.2. The summed E-state index contributed by atoms with van der Waals surface area (Å²) in [6.45, 7) is 6.12. The molecule has 7 heteroatoms. The van der Waals surface area contributed by atoms with Crippen LogP contribution in [-0.2, 0) is 7.05 Å². The Hall–Kier alpha value is -3.35. The molecular weight excluding hydrogens is 354 g/mol. The van der Waals surface area contributed by atoms with E-state index in [1.54, 1.807) is 23.0 Å². The molecule has 1 N–H and O–H groups in total. The summed E-state index contributed by atoms with van der Waals surface area (Å²) in [6.07, 6.45) is 3.14. The number of hydrogen-bond acceptors (Lipinski definition) is 4. The van der Waals surface area contributed by atoms with Gasteiger partial charge in [-0.1, -0.05) is 18.2 Å². The lowest BCUT2D eigenvalue weighted by Gasteiger charge is -2.28. The number of hydrogen-bond donors (Lipinski definition) is 1. The molecule has 0 spiro atoms. The predicted octanol–water partition coefficient (Wildman–Crippen LogP) is 2.48. The summed E-state index contributed by atoms with van der Waals surface area (Å²) in [5, 5.41) is 2.89. The van der Waals surface area contributed by atoms with Gasteiger partial charge in [0.2, 0.25) is 0 Å². The molecule has 0 aliphatic carbocycles. The van der Waals surface area contributed by atoms with Crippen LogP contribution in [0.1, 0.15) is 29.9 Å². The molecule has 0 bridgehead atoms. The number of para-hydroxylation sites is 1. The van der Waals surface area contributed by atoms with E-state index in [9.17, 15) is 9.59 Å². The monoisotopic (exact) mass is 379 g/mol. The van der Waals surface area contributed by atoms with Crippen LogP contribution in [0.4, 0.5) is 5.69 Å². The molecule has 146 valence electrons. The standard InChI is InChI=1S/C21H25N5O2/c1-15(2)25(14-23-20(27)17-9-8-12-22-13-17)19-16(3)24(4)26(21(19)28)18-10-6-5-7-11-18/h5-13,15H,14H2,1-4H3,(H,23,27). The molecular formula is C21H25N5O2. The average molecular weight is 379 g/mol. The Bertz CT molecular complexity index is 1010. The van der Waals surface area contributed by atoms with Crippen molar-refractivity contribution >= 4 is 11.6 Å². The molecule has 3 aromatic rings. The minimum Gasteiger partial charge on any atom is -0.346 e. The van der Waals surface area contributed by atoms with Crippen molar-refractivity contribution in [1.29, 1.82) is 0 Å². The third kappa shape index (κ3) is 3.69. The Morgan fingerprint density at radius 2 is 1.89 bits per heavy atom. The first-order valence-corrected chi connectivity index (χ1v) is 9.20. The number of rotatable bonds is 6. The molecule has 0 radical (unpaired) electrons. The van der Waals surface area contributed by atoms with Crippen molar-refractivity contribution in [1.82, 2.24) is 19.7 Å². The van der Waals surface area contributed by atoms with Crippen LogP contribution in [0.15, 0.2) is 59.7 Å². The summed E-state index contributed by atoms with van der Waals surface area (Å²) in [7, 11) is 1.86. The molecule has 1 aromatic carbocycles. The van der Waals surface area contributed by atoms with Gasteiger partial charge < -0.3 is 10.2 Å². The minimum absolute atomic E-state index is 0.0206. The van der Waals surface area contributed by atoms with E-state index in [0.717, 1.165) is 11.4 Å². The van der Waals surface area contributed by atoms with E-state index in [4.69, 9.17) is 0 Å². The summed E-state index contributed by atoms with van der Waals surface area (Å²) < 4.78 is 3.48. The highest BCUT2D eigenvalue weighted by Crippen LogP contribution is 2.20. The van der Waals surface area contributed by atoms with Gasteiger partial charge in [-0.25, -0.2) is 4.68 Å². The molecule has 1 amide bonds. The third-order valence-electron chi connectivity index (χ3n) is 4.77. The van der Waals surface area contributed by atoms with Gasteiger partial charge >= 0.3 is 0 Å². The van der Waals surface area contributed by atoms with Gasteiger partial charge in [-0.2, -0.15) is 0 Å². The van der Waals surface area contributed by atoms with E-state index in [1.165, 1.54) is 6.20 Å². The summed E-state index contributed by atoms with van der Waals surface area (Å²) in [5.74, 6) is -0.226. The number of carbonyl (C=O) groups excluding carboxylic acids is 1. The third-order valence-corrected chi connectivity index (χ3v) is 4.77. The van der Waals surface area contributed by atoms with Crippen LogP contribution in [0, 0.1) is 6.92 Å². The molecule has 3 rings (SSSR count). The number of pyridine rings is 1. The highest BCUT2D eigenvalue weighted by atomic mass is 16.2. The average Bonchev–Trinajstić information content (AvgIpc) is 2.92. The van der Waals surface area contributed by atoms with Gasteiger partial charge in [0.25, 0.3) is 11.5 Å². The van der Waals surface area contributed by atoms with Crippen LogP contribution < -0.4 is 15.8 Å². The van der Waals surface area contributed by atoms with E-state index in [2.05, 4.69) is 10.3 Å². The molecule has 0 saturated carbocycles. The molecule has 0 unspecified atom stereocenters. The first-order valence-electron chi connectivity index (χ1n) is 9.20. The topological polar surface area (TPSA) is 72.2 Å². The van der Waals surface area contributed by atoms with Crippen LogP contribution in [0.3, 0.4) is 0 Å². The van der Waals surface area contributed by atoms with Crippen molar-refractivity contribution < 1.29 is 4.79 Å². The Morgan fingerprint density at radius 3 is 2.50 bits per heavy atom.